The Labute approximate surface area is 171 Å². The summed E-state index contributed by atoms with van der Waals surface area (Å²) in [5, 5.41) is 4.30. The molecule has 0 spiro atoms. The smallest absolute Gasteiger partial charge is 0.152 e. The first-order valence-electron chi connectivity index (χ1n) is 8.85. The van der Waals surface area contributed by atoms with Crippen LogP contribution in [0.15, 0.2) is 72.9 Å². The van der Waals surface area contributed by atoms with E-state index >= 15 is 0 Å². The van der Waals surface area contributed by atoms with Crippen LogP contribution >= 0.6 is 15.9 Å². The van der Waals surface area contributed by atoms with Gasteiger partial charge in [0.05, 0.1) is 23.1 Å². The lowest BCUT2D eigenvalue weighted by Gasteiger charge is -2.14. The highest BCUT2D eigenvalue weighted by Crippen LogP contribution is 2.33. The van der Waals surface area contributed by atoms with E-state index < -0.39 is 4.83 Å². The Morgan fingerprint density at radius 1 is 0.964 bits per heavy atom. The third-order valence-corrected chi connectivity index (χ3v) is 4.98. The molecule has 6 heteroatoms. The number of aromatic nitrogens is 3. The van der Waals surface area contributed by atoms with Gasteiger partial charge in [0, 0.05) is 6.20 Å². The number of alkyl halides is 1. The first kappa shape index (κ1) is 18.3. The molecule has 1 N–H and O–H groups in total. The molecule has 0 bridgehead atoms. The molecule has 0 aliphatic rings. The monoisotopic (exact) mass is 432 g/mol. The molecule has 0 amide bonds. The number of rotatable bonds is 6. The molecular weight excluding hydrogens is 416 g/mol. The van der Waals surface area contributed by atoms with Crippen molar-refractivity contribution in [3.05, 3.63) is 84.4 Å². The fraction of sp³-hybridized carbons (Fsp3) is 0.0909. The van der Waals surface area contributed by atoms with Crippen LogP contribution in [0.5, 0.6) is 0 Å². The van der Waals surface area contributed by atoms with Crippen LogP contribution in [0.4, 0.5) is 5.82 Å². The van der Waals surface area contributed by atoms with E-state index in [1.165, 1.54) is 0 Å². The Morgan fingerprint density at radius 3 is 2.54 bits per heavy atom. The van der Waals surface area contributed by atoms with Gasteiger partial charge >= 0.3 is 0 Å². The predicted molar refractivity (Wildman–Crippen MR) is 114 cm³/mol. The summed E-state index contributed by atoms with van der Waals surface area (Å²) in [5.41, 5.74) is 3.79. The van der Waals surface area contributed by atoms with Crippen LogP contribution in [0, 0.1) is 0 Å². The van der Waals surface area contributed by atoms with Gasteiger partial charge in [0.15, 0.2) is 5.82 Å². The van der Waals surface area contributed by atoms with Gasteiger partial charge in [-0.2, -0.15) is 0 Å². The van der Waals surface area contributed by atoms with Crippen LogP contribution in [-0.2, 0) is 11.3 Å². The molecule has 0 fully saturated rings. The molecule has 0 saturated carbocycles. The van der Waals surface area contributed by atoms with E-state index in [2.05, 4.69) is 54.4 Å². The summed E-state index contributed by atoms with van der Waals surface area (Å²) in [6.45, 7) is 0.517. The van der Waals surface area contributed by atoms with E-state index in [1.807, 2.05) is 48.5 Å². The van der Waals surface area contributed by atoms with Crippen molar-refractivity contribution in [1.29, 1.82) is 0 Å². The summed E-state index contributed by atoms with van der Waals surface area (Å²) in [4.78, 5) is 24.3. The normalized spacial score (nSPS) is 11.9. The maximum absolute atomic E-state index is 11.3. The number of benzene rings is 2. The third-order valence-electron chi connectivity index (χ3n) is 4.35. The van der Waals surface area contributed by atoms with Gasteiger partial charge in [0.2, 0.25) is 0 Å². The highest BCUT2D eigenvalue weighted by atomic mass is 79.9. The Balaban J connectivity index is 1.86. The first-order valence-corrected chi connectivity index (χ1v) is 9.77. The molecule has 0 saturated heterocycles. The molecule has 4 rings (SSSR count). The number of carbonyl (C=O) groups is 1. The summed E-state index contributed by atoms with van der Waals surface area (Å²) >= 11 is 3.33. The topological polar surface area (TPSA) is 67.8 Å². The number of nitrogens with one attached hydrogen (secondary N) is 1. The lowest BCUT2D eigenvalue weighted by Crippen LogP contribution is -2.08. The molecule has 2 aromatic carbocycles. The maximum Gasteiger partial charge on any atom is 0.152 e. The van der Waals surface area contributed by atoms with Crippen LogP contribution in [0.1, 0.15) is 16.3 Å². The Bertz CT molecular complexity index is 1100. The van der Waals surface area contributed by atoms with E-state index in [0.717, 1.165) is 34.0 Å². The summed E-state index contributed by atoms with van der Waals surface area (Å²) in [6.07, 6.45) is 2.54. The molecule has 5 nitrogen and oxygen atoms in total. The van der Waals surface area contributed by atoms with Crippen molar-refractivity contribution >= 4 is 38.9 Å². The Morgan fingerprint density at radius 2 is 1.79 bits per heavy atom. The van der Waals surface area contributed by atoms with Gasteiger partial charge < -0.3 is 10.1 Å². The lowest BCUT2D eigenvalue weighted by atomic mass is 10.0. The molecule has 0 aliphatic carbocycles. The summed E-state index contributed by atoms with van der Waals surface area (Å²) < 4.78 is 0. The molecule has 4 aromatic rings. The number of fused-ring (bicyclic) bond motifs is 1. The number of pyridine rings is 1. The quantitative estimate of drug-likeness (QED) is 0.345. The maximum atomic E-state index is 11.3. The Kier molecular flexibility index (Phi) is 5.39. The van der Waals surface area contributed by atoms with Crippen LogP contribution < -0.4 is 5.32 Å². The second-order valence-corrected chi connectivity index (χ2v) is 7.20. The number of aldehydes is 1. The third kappa shape index (κ3) is 3.77. The average Bonchev–Trinajstić information content (AvgIpc) is 2.77. The first-order chi connectivity index (χ1) is 13.8. The van der Waals surface area contributed by atoms with Gasteiger partial charge in [-0.15, -0.1) is 0 Å². The summed E-state index contributed by atoms with van der Waals surface area (Å²) in [6, 6.07) is 21.9. The summed E-state index contributed by atoms with van der Waals surface area (Å²) in [7, 11) is 0. The SMILES string of the molecule is O=CC(Br)c1nc(NCc2ccccn2)c2c(-c3ccccc3)cccc2n1. The minimum Gasteiger partial charge on any atom is -0.364 e. The van der Waals surface area contributed by atoms with Crippen molar-refractivity contribution < 1.29 is 4.79 Å². The molecule has 0 aliphatic heterocycles. The van der Waals surface area contributed by atoms with E-state index in [-0.39, 0.29) is 0 Å². The van der Waals surface area contributed by atoms with Crippen molar-refractivity contribution in [2.24, 2.45) is 0 Å². The van der Waals surface area contributed by atoms with Crippen LogP contribution in [-0.4, -0.2) is 21.2 Å². The van der Waals surface area contributed by atoms with Gasteiger partial charge in [-0.3, -0.25) is 4.98 Å². The van der Waals surface area contributed by atoms with E-state index in [1.54, 1.807) is 6.20 Å². The van der Waals surface area contributed by atoms with Gasteiger partial charge in [-0.25, -0.2) is 9.97 Å². The molecule has 2 aromatic heterocycles. The van der Waals surface area contributed by atoms with Crippen molar-refractivity contribution in [2.45, 2.75) is 11.4 Å². The average molecular weight is 433 g/mol. The number of nitrogens with zero attached hydrogens (tertiary/aromatic N) is 3. The Hall–Kier alpha value is -3.12. The van der Waals surface area contributed by atoms with Crippen LogP contribution in [0.3, 0.4) is 0 Å². The van der Waals surface area contributed by atoms with Gasteiger partial charge in [0.1, 0.15) is 16.9 Å². The lowest BCUT2D eigenvalue weighted by molar-refractivity contribution is -0.107. The largest absolute Gasteiger partial charge is 0.364 e. The van der Waals surface area contributed by atoms with Crippen LogP contribution in [0.25, 0.3) is 22.0 Å². The molecule has 2 heterocycles. The van der Waals surface area contributed by atoms with Crippen molar-refractivity contribution in [1.82, 2.24) is 15.0 Å². The highest BCUT2D eigenvalue weighted by molar-refractivity contribution is 9.09. The molecule has 138 valence electrons. The fourth-order valence-electron chi connectivity index (χ4n) is 3.05. The van der Waals surface area contributed by atoms with E-state index in [4.69, 9.17) is 0 Å². The second-order valence-electron chi connectivity index (χ2n) is 6.21. The molecule has 0 radical (unpaired) electrons. The van der Waals surface area contributed by atoms with Crippen molar-refractivity contribution in [3.8, 4) is 11.1 Å². The zero-order valence-electron chi connectivity index (χ0n) is 14.9. The predicted octanol–water partition coefficient (Wildman–Crippen LogP) is 4.94. The van der Waals surface area contributed by atoms with Crippen molar-refractivity contribution in [3.63, 3.8) is 0 Å². The molecule has 1 atom stereocenters. The number of anilines is 1. The standard InChI is InChI=1S/C22H17BrN4O/c23-18(14-28)21-26-19-11-6-10-17(15-7-2-1-3-8-15)20(19)22(27-21)25-13-16-9-4-5-12-24-16/h1-12,14,18H,13H2,(H,25,26,27). The van der Waals surface area contributed by atoms with Crippen LogP contribution in [0.2, 0.25) is 0 Å². The van der Waals surface area contributed by atoms with Gasteiger partial charge in [-0.1, -0.05) is 64.5 Å². The number of hydrogen-bond donors (Lipinski definition) is 1. The summed E-state index contributed by atoms with van der Waals surface area (Å²) in [5.74, 6) is 1.10. The molecule has 1 unspecified atom stereocenters. The molecular formula is C22H17BrN4O. The number of halogens is 1. The second kappa shape index (κ2) is 8.27. The van der Waals surface area contributed by atoms with E-state index in [0.29, 0.717) is 18.2 Å². The molecule has 28 heavy (non-hydrogen) atoms. The van der Waals surface area contributed by atoms with Crippen molar-refractivity contribution in [2.75, 3.05) is 5.32 Å². The minimum absolute atomic E-state index is 0.427. The number of carbonyl (C=O) groups excluding carboxylic acids is 1. The van der Waals surface area contributed by atoms with E-state index in [9.17, 15) is 4.79 Å². The highest BCUT2D eigenvalue weighted by Gasteiger charge is 2.17. The zero-order chi connectivity index (χ0) is 19.3. The zero-order valence-corrected chi connectivity index (χ0v) is 16.5. The van der Waals surface area contributed by atoms with Gasteiger partial charge in [-0.05, 0) is 29.3 Å². The number of hydrogen-bond acceptors (Lipinski definition) is 5. The minimum atomic E-state index is -0.562. The van der Waals surface area contributed by atoms with Gasteiger partial charge in [0.25, 0.3) is 0 Å². The fourth-order valence-corrected chi connectivity index (χ4v) is 3.25.